The number of anilines is 3. The fraction of sp³-hybridized carbons (Fsp3) is 0.300. The number of benzene rings is 3. The summed E-state index contributed by atoms with van der Waals surface area (Å²) in [6.07, 6.45) is -2.85. The van der Waals surface area contributed by atoms with Gasteiger partial charge in [0.1, 0.15) is 5.82 Å². The molecule has 5 rings (SSSR count). The normalized spacial score (nSPS) is 15.2. The summed E-state index contributed by atoms with van der Waals surface area (Å²) in [6.45, 7) is 1.42. The Labute approximate surface area is 239 Å². The number of amides is 4. The lowest BCUT2D eigenvalue weighted by Gasteiger charge is -2.37. The van der Waals surface area contributed by atoms with Gasteiger partial charge < -0.3 is 25.8 Å². The summed E-state index contributed by atoms with van der Waals surface area (Å²) >= 11 is 0. The van der Waals surface area contributed by atoms with Gasteiger partial charge in [-0.15, -0.1) is 0 Å². The second-order valence-corrected chi connectivity index (χ2v) is 10.3. The highest BCUT2D eigenvalue weighted by atomic mass is 19.4. The van der Waals surface area contributed by atoms with Gasteiger partial charge >= 0.3 is 12.2 Å². The van der Waals surface area contributed by atoms with Crippen molar-refractivity contribution in [1.29, 1.82) is 0 Å². The van der Waals surface area contributed by atoms with E-state index in [4.69, 9.17) is 0 Å². The Balaban J connectivity index is 1.26. The fourth-order valence-electron chi connectivity index (χ4n) is 4.67. The molecule has 8 nitrogen and oxygen atoms in total. The number of carbonyl (C=O) groups is 3. The second kappa shape index (κ2) is 12.1. The summed E-state index contributed by atoms with van der Waals surface area (Å²) in [7, 11) is 0. The van der Waals surface area contributed by atoms with E-state index in [0.717, 1.165) is 25.0 Å². The zero-order valence-electron chi connectivity index (χ0n) is 22.5. The number of nitrogens with zero attached hydrogens (tertiary/aromatic N) is 2. The molecule has 42 heavy (non-hydrogen) atoms. The molecule has 0 aromatic heterocycles. The van der Waals surface area contributed by atoms with E-state index in [1.54, 1.807) is 30.3 Å². The third kappa shape index (κ3) is 7.17. The first kappa shape index (κ1) is 28.9. The summed E-state index contributed by atoms with van der Waals surface area (Å²) in [4.78, 5) is 41.9. The maximum absolute atomic E-state index is 13.3. The van der Waals surface area contributed by atoms with Gasteiger partial charge in [0.2, 0.25) is 5.91 Å². The summed E-state index contributed by atoms with van der Waals surface area (Å²) in [5.41, 5.74) is 1.32. The predicted octanol–water partition coefficient (Wildman–Crippen LogP) is 5.48. The molecule has 1 saturated carbocycles. The molecule has 0 bridgehead atoms. The van der Waals surface area contributed by atoms with Gasteiger partial charge in [0.15, 0.2) is 0 Å². The number of alkyl halides is 3. The molecule has 0 radical (unpaired) electrons. The number of piperazine rings is 1. The van der Waals surface area contributed by atoms with Crippen molar-refractivity contribution < 1.29 is 31.9 Å². The lowest BCUT2D eigenvalue weighted by molar-refractivity contribution is -0.137. The SMILES string of the molecule is O=C(NCc1ccc(F)cc1)c1cc(NC(=O)C2CC2)ccc1N1CCN(C(=O)Nc2cccc(C(F)(F)F)c2)CC1. The smallest absolute Gasteiger partial charge is 0.367 e. The average molecular weight is 584 g/mol. The molecule has 0 atom stereocenters. The minimum Gasteiger partial charge on any atom is -0.367 e. The van der Waals surface area contributed by atoms with Crippen LogP contribution in [0.1, 0.15) is 34.3 Å². The van der Waals surface area contributed by atoms with Crippen LogP contribution in [0, 0.1) is 11.7 Å². The number of carbonyl (C=O) groups excluding carboxylic acids is 3. The first-order valence-electron chi connectivity index (χ1n) is 13.5. The Hall–Kier alpha value is -4.61. The summed E-state index contributed by atoms with van der Waals surface area (Å²) < 4.78 is 52.4. The first-order valence-corrected chi connectivity index (χ1v) is 13.5. The van der Waals surface area contributed by atoms with Gasteiger partial charge in [0, 0.05) is 55.7 Å². The van der Waals surface area contributed by atoms with Gasteiger partial charge in [-0.25, -0.2) is 9.18 Å². The van der Waals surface area contributed by atoms with E-state index in [-0.39, 0.29) is 48.9 Å². The zero-order valence-corrected chi connectivity index (χ0v) is 22.5. The maximum atomic E-state index is 13.3. The molecule has 2 fully saturated rings. The molecule has 1 heterocycles. The number of hydrogen-bond donors (Lipinski definition) is 3. The molecule has 1 aliphatic heterocycles. The Bertz CT molecular complexity index is 1470. The minimum atomic E-state index is -4.52. The Kier molecular flexibility index (Phi) is 8.32. The van der Waals surface area contributed by atoms with Crippen molar-refractivity contribution in [2.75, 3.05) is 41.7 Å². The molecular weight excluding hydrogens is 554 g/mol. The molecule has 0 unspecified atom stereocenters. The largest absolute Gasteiger partial charge is 0.416 e. The lowest BCUT2D eigenvalue weighted by atomic mass is 10.1. The number of rotatable bonds is 7. The molecule has 1 aliphatic carbocycles. The van der Waals surface area contributed by atoms with Crippen molar-refractivity contribution in [2.24, 2.45) is 5.92 Å². The van der Waals surface area contributed by atoms with E-state index in [0.29, 0.717) is 35.6 Å². The van der Waals surface area contributed by atoms with Crippen LogP contribution < -0.4 is 20.9 Å². The Morgan fingerprint density at radius 1 is 0.833 bits per heavy atom. The number of hydrogen-bond acceptors (Lipinski definition) is 4. The van der Waals surface area contributed by atoms with Crippen LogP contribution in [0.25, 0.3) is 0 Å². The standard InChI is InChI=1S/C30H29F4N5O3/c31-22-8-4-19(5-9-22)18-35-28(41)25-17-24(36-27(40)20-6-7-20)10-11-26(25)38-12-14-39(15-13-38)29(42)37-23-3-1-2-21(16-23)30(32,33)34/h1-5,8-11,16-17,20H,6-7,12-15,18H2,(H,35,41)(H,36,40)(H,37,42). The van der Waals surface area contributed by atoms with Crippen LogP contribution in [-0.2, 0) is 17.5 Å². The zero-order chi connectivity index (χ0) is 29.9. The first-order chi connectivity index (χ1) is 20.1. The van der Waals surface area contributed by atoms with E-state index in [1.165, 1.54) is 29.2 Å². The lowest BCUT2D eigenvalue weighted by Crippen LogP contribution is -2.50. The van der Waals surface area contributed by atoms with E-state index in [1.807, 2.05) is 4.90 Å². The van der Waals surface area contributed by atoms with Crippen molar-refractivity contribution in [3.05, 3.63) is 89.2 Å². The number of urea groups is 1. The van der Waals surface area contributed by atoms with Crippen LogP contribution in [0.2, 0.25) is 0 Å². The summed E-state index contributed by atoms with van der Waals surface area (Å²) in [5, 5.41) is 8.23. The predicted molar refractivity (Wildman–Crippen MR) is 150 cm³/mol. The highest BCUT2D eigenvalue weighted by Crippen LogP contribution is 2.32. The number of nitrogens with one attached hydrogen (secondary N) is 3. The van der Waals surface area contributed by atoms with Gasteiger partial charge in [-0.3, -0.25) is 9.59 Å². The molecule has 4 amide bonds. The van der Waals surface area contributed by atoms with Crippen molar-refractivity contribution in [3.8, 4) is 0 Å². The Morgan fingerprint density at radius 2 is 1.52 bits per heavy atom. The van der Waals surface area contributed by atoms with Gasteiger partial charge in [0.25, 0.3) is 5.91 Å². The van der Waals surface area contributed by atoms with Crippen molar-refractivity contribution in [3.63, 3.8) is 0 Å². The monoisotopic (exact) mass is 583 g/mol. The van der Waals surface area contributed by atoms with Gasteiger partial charge in [-0.05, 0) is 66.9 Å². The minimum absolute atomic E-state index is 0.0180. The molecule has 12 heteroatoms. The molecule has 220 valence electrons. The van der Waals surface area contributed by atoms with Crippen molar-refractivity contribution >= 4 is 34.9 Å². The van der Waals surface area contributed by atoms with Gasteiger partial charge in [0.05, 0.1) is 11.1 Å². The molecule has 3 N–H and O–H groups in total. The van der Waals surface area contributed by atoms with Crippen LogP contribution >= 0.6 is 0 Å². The van der Waals surface area contributed by atoms with E-state index >= 15 is 0 Å². The number of halogens is 4. The van der Waals surface area contributed by atoms with Crippen LogP contribution in [-0.4, -0.2) is 48.9 Å². The molecule has 3 aromatic carbocycles. The highest BCUT2D eigenvalue weighted by Gasteiger charge is 2.32. The quantitative estimate of drug-likeness (QED) is 0.322. The fourth-order valence-corrected chi connectivity index (χ4v) is 4.67. The van der Waals surface area contributed by atoms with Crippen LogP contribution in [0.3, 0.4) is 0 Å². The van der Waals surface area contributed by atoms with E-state index in [2.05, 4.69) is 16.0 Å². The maximum Gasteiger partial charge on any atom is 0.416 e. The van der Waals surface area contributed by atoms with E-state index in [9.17, 15) is 31.9 Å². The van der Waals surface area contributed by atoms with Gasteiger partial charge in [-0.1, -0.05) is 18.2 Å². The van der Waals surface area contributed by atoms with Gasteiger partial charge in [-0.2, -0.15) is 13.2 Å². The van der Waals surface area contributed by atoms with Crippen LogP contribution in [0.5, 0.6) is 0 Å². The van der Waals surface area contributed by atoms with E-state index < -0.39 is 17.8 Å². The summed E-state index contributed by atoms with van der Waals surface area (Å²) in [6, 6.07) is 14.8. The molecule has 2 aliphatic rings. The molecule has 0 spiro atoms. The van der Waals surface area contributed by atoms with Crippen LogP contribution in [0.15, 0.2) is 66.7 Å². The third-order valence-electron chi connectivity index (χ3n) is 7.17. The Morgan fingerprint density at radius 3 is 2.19 bits per heavy atom. The summed E-state index contributed by atoms with van der Waals surface area (Å²) in [5.74, 6) is -0.882. The topological polar surface area (TPSA) is 93.8 Å². The second-order valence-electron chi connectivity index (χ2n) is 10.3. The van der Waals surface area contributed by atoms with Crippen molar-refractivity contribution in [1.82, 2.24) is 10.2 Å². The molecule has 1 saturated heterocycles. The highest BCUT2D eigenvalue weighted by molar-refractivity contribution is 6.02. The van der Waals surface area contributed by atoms with Crippen molar-refractivity contribution in [2.45, 2.75) is 25.6 Å². The van der Waals surface area contributed by atoms with Crippen LogP contribution in [0.4, 0.5) is 39.4 Å². The molecule has 3 aromatic rings. The third-order valence-corrected chi connectivity index (χ3v) is 7.17. The molecular formula is C30H29F4N5O3. The average Bonchev–Trinajstić information content (AvgIpc) is 3.83.